The highest BCUT2D eigenvalue weighted by Crippen LogP contribution is 2.26. The van der Waals surface area contributed by atoms with Crippen LogP contribution in [-0.2, 0) is 11.2 Å². The number of nitrogens with zero attached hydrogens (tertiary/aromatic N) is 1. The first-order valence-electron chi connectivity index (χ1n) is 7.57. The lowest BCUT2D eigenvalue weighted by molar-refractivity contribution is 0.0783. The summed E-state index contributed by atoms with van der Waals surface area (Å²) in [6.07, 6.45) is 4.85. The van der Waals surface area contributed by atoms with Gasteiger partial charge in [-0.2, -0.15) is 0 Å². The van der Waals surface area contributed by atoms with Gasteiger partial charge in [-0.15, -0.1) is 0 Å². The first-order valence-corrected chi connectivity index (χ1v) is 7.57. The standard InChI is InChI=1S/C16H24N2O/c1-2-6-16-14(4-1)5-3-10-18(16)11-9-17-15-7-12-19-13-8-15/h1-2,4,6,15,17H,3,5,7-13H2. The third-order valence-electron chi connectivity index (χ3n) is 4.24. The highest BCUT2D eigenvalue weighted by molar-refractivity contribution is 5.55. The normalized spacial score (nSPS) is 20.3. The van der Waals surface area contributed by atoms with Crippen LogP contribution in [0.25, 0.3) is 0 Å². The number of aryl methyl sites for hydroxylation is 1. The molecule has 19 heavy (non-hydrogen) atoms. The van der Waals surface area contributed by atoms with E-state index >= 15 is 0 Å². The molecule has 0 aromatic heterocycles. The summed E-state index contributed by atoms with van der Waals surface area (Å²) in [4.78, 5) is 2.53. The maximum absolute atomic E-state index is 5.39. The van der Waals surface area contributed by atoms with Crippen molar-refractivity contribution < 1.29 is 4.74 Å². The van der Waals surface area contributed by atoms with Crippen molar-refractivity contribution in [1.29, 1.82) is 0 Å². The van der Waals surface area contributed by atoms with Gasteiger partial charge in [-0.25, -0.2) is 0 Å². The van der Waals surface area contributed by atoms with Crippen LogP contribution >= 0.6 is 0 Å². The molecule has 3 rings (SSSR count). The lowest BCUT2D eigenvalue weighted by atomic mass is 10.0. The zero-order valence-electron chi connectivity index (χ0n) is 11.6. The maximum Gasteiger partial charge on any atom is 0.0480 e. The van der Waals surface area contributed by atoms with Crippen molar-refractivity contribution in [1.82, 2.24) is 5.32 Å². The van der Waals surface area contributed by atoms with Crippen LogP contribution < -0.4 is 10.2 Å². The first kappa shape index (κ1) is 12.9. The fourth-order valence-corrected chi connectivity index (χ4v) is 3.15. The number of nitrogens with one attached hydrogen (secondary N) is 1. The van der Waals surface area contributed by atoms with Crippen LogP contribution in [0.5, 0.6) is 0 Å². The number of fused-ring (bicyclic) bond motifs is 1. The van der Waals surface area contributed by atoms with E-state index in [1.54, 1.807) is 0 Å². The van der Waals surface area contributed by atoms with E-state index in [1.165, 1.54) is 30.6 Å². The van der Waals surface area contributed by atoms with E-state index in [0.717, 1.165) is 39.1 Å². The highest BCUT2D eigenvalue weighted by Gasteiger charge is 2.17. The average Bonchev–Trinajstić information content (AvgIpc) is 2.49. The quantitative estimate of drug-likeness (QED) is 0.898. The predicted octanol–water partition coefficient (Wildman–Crippen LogP) is 2.21. The first-order chi connectivity index (χ1) is 9.43. The number of hydrogen-bond donors (Lipinski definition) is 1. The minimum absolute atomic E-state index is 0.661. The van der Waals surface area contributed by atoms with Gasteiger partial charge in [0.05, 0.1) is 0 Å². The number of rotatable bonds is 4. The molecule has 0 spiro atoms. The second kappa shape index (κ2) is 6.40. The Labute approximate surface area is 115 Å². The van der Waals surface area contributed by atoms with E-state index in [1.807, 2.05) is 0 Å². The van der Waals surface area contributed by atoms with Crippen molar-refractivity contribution in [2.24, 2.45) is 0 Å². The van der Waals surface area contributed by atoms with E-state index in [2.05, 4.69) is 34.5 Å². The smallest absolute Gasteiger partial charge is 0.0480 e. The molecule has 1 fully saturated rings. The minimum Gasteiger partial charge on any atom is -0.381 e. The molecule has 2 heterocycles. The number of ether oxygens (including phenoxy) is 1. The van der Waals surface area contributed by atoms with Crippen molar-refractivity contribution in [3.8, 4) is 0 Å². The van der Waals surface area contributed by atoms with Crippen molar-refractivity contribution >= 4 is 5.69 Å². The van der Waals surface area contributed by atoms with Crippen LogP contribution in [0.3, 0.4) is 0 Å². The summed E-state index contributed by atoms with van der Waals surface area (Å²) < 4.78 is 5.39. The van der Waals surface area contributed by atoms with Gasteiger partial charge in [0.15, 0.2) is 0 Å². The Morgan fingerprint density at radius 3 is 2.95 bits per heavy atom. The van der Waals surface area contributed by atoms with E-state index < -0.39 is 0 Å². The van der Waals surface area contributed by atoms with E-state index in [-0.39, 0.29) is 0 Å². The topological polar surface area (TPSA) is 24.5 Å². The fraction of sp³-hybridized carbons (Fsp3) is 0.625. The van der Waals surface area contributed by atoms with Gasteiger partial charge < -0.3 is 15.0 Å². The average molecular weight is 260 g/mol. The van der Waals surface area contributed by atoms with Crippen molar-refractivity contribution in [3.63, 3.8) is 0 Å². The Balaban J connectivity index is 1.50. The minimum atomic E-state index is 0.661. The number of para-hydroxylation sites is 1. The Kier molecular flexibility index (Phi) is 4.36. The molecule has 1 saturated heterocycles. The molecule has 0 aliphatic carbocycles. The van der Waals surface area contributed by atoms with E-state index in [0.29, 0.717) is 6.04 Å². The summed E-state index contributed by atoms with van der Waals surface area (Å²) in [5.41, 5.74) is 2.96. The second-order valence-electron chi connectivity index (χ2n) is 5.56. The van der Waals surface area contributed by atoms with E-state index in [4.69, 9.17) is 4.74 Å². The molecule has 3 nitrogen and oxygen atoms in total. The van der Waals surface area contributed by atoms with Gasteiger partial charge >= 0.3 is 0 Å². The lowest BCUT2D eigenvalue weighted by Gasteiger charge is -2.32. The van der Waals surface area contributed by atoms with Crippen LogP contribution in [0, 0.1) is 0 Å². The molecule has 0 bridgehead atoms. The third-order valence-corrected chi connectivity index (χ3v) is 4.24. The molecule has 0 amide bonds. The Bertz CT molecular complexity index is 401. The Morgan fingerprint density at radius 2 is 2.05 bits per heavy atom. The molecular formula is C16H24N2O. The lowest BCUT2D eigenvalue weighted by Crippen LogP contribution is -2.41. The van der Waals surface area contributed by atoms with Gasteiger partial charge in [0, 0.05) is 44.6 Å². The third kappa shape index (κ3) is 3.28. The van der Waals surface area contributed by atoms with Gasteiger partial charge in [-0.1, -0.05) is 18.2 Å². The maximum atomic E-state index is 5.39. The largest absolute Gasteiger partial charge is 0.381 e. The zero-order valence-corrected chi connectivity index (χ0v) is 11.6. The monoisotopic (exact) mass is 260 g/mol. The fourth-order valence-electron chi connectivity index (χ4n) is 3.15. The molecular weight excluding hydrogens is 236 g/mol. The second-order valence-corrected chi connectivity index (χ2v) is 5.56. The molecule has 0 radical (unpaired) electrons. The summed E-state index contributed by atoms with van der Waals surface area (Å²) in [5, 5.41) is 3.68. The van der Waals surface area contributed by atoms with E-state index in [9.17, 15) is 0 Å². The molecule has 1 N–H and O–H groups in total. The Hall–Kier alpha value is -1.06. The number of anilines is 1. The summed E-state index contributed by atoms with van der Waals surface area (Å²) >= 11 is 0. The van der Waals surface area contributed by atoms with Crippen LogP contribution in [-0.4, -0.2) is 38.9 Å². The summed E-state index contributed by atoms with van der Waals surface area (Å²) in [7, 11) is 0. The highest BCUT2D eigenvalue weighted by atomic mass is 16.5. The van der Waals surface area contributed by atoms with Crippen LogP contribution in [0.15, 0.2) is 24.3 Å². The molecule has 0 saturated carbocycles. The predicted molar refractivity (Wildman–Crippen MR) is 78.8 cm³/mol. The van der Waals surface area contributed by atoms with Crippen molar-refractivity contribution in [2.45, 2.75) is 31.7 Å². The zero-order chi connectivity index (χ0) is 12.9. The van der Waals surface area contributed by atoms with Crippen molar-refractivity contribution in [3.05, 3.63) is 29.8 Å². The number of hydrogen-bond acceptors (Lipinski definition) is 3. The van der Waals surface area contributed by atoms with Gasteiger partial charge in [0.2, 0.25) is 0 Å². The molecule has 1 aromatic carbocycles. The summed E-state index contributed by atoms with van der Waals surface area (Å²) in [6.45, 7) is 5.24. The molecule has 0 atom stereocenters. The molecule has 0 unspecified atom stereocenters. The molecule has 3 heteroatoms. The van der Waals surface area contributed by atoms with Crippen LogP contribution in [0.4, 0.5) is 5.69 Å². The Morgan fingerprint density at radius 1 is 1.21 bits per heavy atom. The van der Waals surface area contributed by atoms with Gasteiger partial charge in [-0.3, -0.25) is 0 Å². The summed E-state index contributed by atoms with van der Waals surface area (Å²) in [6, 6.07) is 9.51. The van der Waals surface area contributed by atoms with Gasteiger partial charge in [-0.05, 0) is 37.3 Å². The summed E-state index contributed by atoms with van der Waals surface area (Å²) in [5.74, 6) is 0. The van der Waals surface area contributed by atoms with Gasteiger partial charge in [0.25, 0.3) is 0 Å². The van der Waals surface area contributed by atoms with Crippen molar-refractivity contribution in [2.75, 3.05) is 37.7 Å². The van der Waals surface area contributed by atoms with Gasteiger partial charge in [0.1, 0.15) is 0 Å². The SMILES string of the molecule is c1ccc2c(c1)CCCN2CCNC1CCOCC1. The molecule has 2 aliphatic heterocycles. The number of benzene rings is 1. The molecule has 2 aliphatic rings. The molecule has 1 aromatic rings. The van der Waals surface area contributed by atoms with Crippen LogP contribution in [0.2, 0.25) is 0 Å². The molecule has 104 valence electrons. The van der Waals surface area contributed by atoms with Crippen LogP contribution in [0.1, 0.15) is 24.8 Å².